The Hall–Kier alpha value is -2.70. The van der Waals surface area contributed by atoms with Gasteiger partial charge in [0.25, 0.3) is 0 Å². The van der Waals surface area contributed by atoms with Crippen LogP contribution in [-0.2, 0) is 34.1 Å². The van der Waals surface area contributed by atoms with Crippen LogP contribution in [0.1, 0.15) is 118 Å². The zero-order valence-corrected chi connectivity index (χ0v) is 37.2. The second kappa shape index (κ2) is 24.0. The number of aromatic nitrogens is 2. The Morgan fingerprint density at radius 2 is 0.833 bits per heavy atom. The summed E-state index contributed by atoms with van der Waals surface area (Å²) in [7, 11) is 0. The molecule has 0 atom stereocenters. The van der Waals surface area contributed by atoms with Gasteiger partial charge in [-0.05, 0) is 141 Å². The topological polar surface area (TPSA) is 70.7 Å². The number of aromatic hydroxyl groups is 1. The first kappa shape index (κ1) is 53.4. The second-order valence-corrected chi connectivity index (χ2v) is 13.8. The van der Waals surface area contributed by atoms with Crippen molar-refractivity contribution in [1.29, 1.82) is 0 Å². The first-order valence-electron chi connectivity index (χ1n) is 17.0. The van der Waals surface area contributed by atoms with E-state index in [1.807, 2.05) is 61.0 Å². The van der Waals surface area contributed by atoms with Gasteiger partial charge in [0.2, 0.25) is 0 Å². The van der Waals surface area contributed by atoms with E-state index in [1.165, 1.54) is 22.3 Å². The summed E-state index contributed by atoms with van der Waals surface area (Å²) in [5.74, 6) is 1.23. The van der Waals surface area contributed by atoms with E-state index in [0.717, 1.165) is 50.6 Å². The van der Waals surface area contributed by atoms with Crippen molar-refractivity contribution in [3.05, 3.63) is 124 Å². The van der Waals surface area contributed by atoms with Crippen LogP contribution in [0.2, 0.25) is 0 Å². The quantitative estimate of drug-likeness (QED) is 0.112. The summed E-state index contributed by atoms with van der Waals surface area (Å²) >= 11 is 0. The molecule has 2 heterocycles. The molecule has 0 saturated heterocycles. The Morgan fingerprint density at radius 3 is 1.09 bits per heavy atom. The van der Waals surface area contributed by atoms with Gasteiger partial charge in [-0.25, -0.2) is 0 Å². The molecule has 0 saturated carbocycles. The monoisotopic (exact) mass is 906 g/mol. The van der Waals surface area contributed by atoms with Crippen LogP contribution in [0.15, 0.2) is 95.2 Å². The van der Waals surface area contributed by atoms with Gasteiger partial charge in [-0.2, -0.15) is 0 Å². The number of aliphatic imine (C=N–C) groups is 2. The van der Waals surface area contributed by atoms with Crippen molar-refractivity contribution in [2.45, 2.75) is 86.0 Å². The third-order valence-corrected chi connectivity index (χ3v) is 8.87. The Balaban J connectivity index is 0. The van der Waals surface area contributed by atoms with Gasteiger partial charge in [0, 0.05) is 46.5 Å². The van der Waals surface area contributed by atoms with Crippen LogP contribution < -0.4 is 0 Å². The van der Waals surface area contributed by atoms with Crippen LogP contribution >= 0.6 is 49.6 Å². The Morgan fingerprint density at radius 1 is 0.519 bits per heavy atom. The molecule has 2 aromatic heterocycles. The first-order valence-corrected chi connectivity index (χ1v) is 17.0. The molecule has 0 aliphatic rings. The molecule has 11 heteroatoms. The van der Waals surface area contributed by atoms with Gasteiger partial charge >= 0.3 is 0 Å². The number of phenols is 1. The van der Waals surface area contributed by atoms with Gasteiger partial charge in [-0.3, -0.25) is 20.0 Å². The number of halogens is 4. The third kappa shape index (κ3) is 12.7. The van der Waals surface area contributed by atoms with Gasteiger partial charge in [-0.1, -0.05) is 67.5 Å². The average molecular weight is 910 g/mol. The molecule has 0 amide bonds. The maximum Gasteiger partial charge on any atom is 0.116 e. The van der Waals surface area contributed by atoms with Crippen molar-refractivity contribution < 1.29 is 39.2 Å². The molecule has 3 aromatic carbocycles. The summed E-state index contributed by atoms with van der Waals surface area (Å²) in [6.45, 7) is 19.9. The Kier molecular flexibility index (Phi) is 23.8. The maximum absolute atomic E-state index is 11.2. The minimum atomic E-state index is 0. The molecule has 2 radical (unpaired) electrons. The number of pyridine rings is 2. The summed E-state index contributed by atoms with van der Waals surface area (Å²) in [6.07, 6.45) is 7.29. The van der Waals surface area contributed by atoms with Crippen molar-refractivity contribution in [1.82, 2.24) is 9.97 Å². The summed E-state index contributed by atoms with van der Waals surface area (Å²) in [6, 6.07) is 24.5. The van der Waals surface area contributed by atoms with Crippen LogP contribution in [0, 0.1) is 6.92 Å². The molecule has 5 aromatic rings. The SMILES string of the molecule is Cc1c(-c2cc(C(C)C)c(N=Cc3ccccn3)c(C(C)C)c2)cc(O)cc1-c1cc(C(C)C)c(N=Cc2ccccn2)c(C(C)C)c1.Cl.Cl.Cl.Cl.[Cu].[Cu]. The van der Waals surface area contributed by atoms with Crippen molar-refractivity contribution in [3.8, 4) is 28.0 Å². The molecule has 0 aliphatic heterocycles. The van der Waals surface area contributed by atoms with E-state index in [4.69, 9.17) is 9.98 Å². The van der Waals surface area contributed by atoms with Crippen molar-refractivity contribution in [2.75, 3.05) is 0 Å². The molecule has 0 bridgehead atoms. The van der Waals surface area contributed by atoms with Crippen molar-refractivity contribution >= 4 is 73.4 Å². The molecule has 300 valence electrons. The summed E-state index contributed by atoms with van der Waals surface area (Å²) in [5, 5.41) is 11.2. The van der Waals surface area contributed by atoms with E-state index in [2.05, 4.69) is 96.5 Å². The number of hydrogen-bond donors (Lipinski definition) is 1. The van der Waals surface area contributed by atoms with E-state index >= 15 is 0 Å². The van der Waals surface area contributed by atoms with Crippen molar-refractivity contribution in [2.24, 2.45) is 9.98 Å². The number of phenolic OH excluding ortho intramolecular Hbond substituents is 1. The normalized spacial score (nSPS) is 10.8. The predicted octanol–water partition coefficient (Wildman–Crippen LogP) is 13.5. The molecule has 54 heavy (non-hydrogen) atoms. The van der Waals surface area contributed by atoms with E-state index in [9.17, 15) is 5.11 Å². The van der Waals surface area contributed by atoms with Gasteiger partial charge < -0.3 is 5.11 Å². The molecule has 0 unspecified atom stereocenters. The fraction of sp³-hybridized carbons (Fsp3) is 0.302. The van der Waals surface area contributed by atoms with Crippen molar-refractivity contribution in [3.63, 3.8) is 0 Å². The standard InChI is InChI=1S/C43H48N4O.4ClH.2Cu/c1-26(2)36-18-31(19-37(27(3)4)42(36)46-24-33-14-10-12-16-44-33)40-22-35(48)23-41(30(40)9)32-20-38(28(5)6)43(39(21-32)29(7)8)47-25-34-15-11-13-17-45-34;;;;;;/h10-29,48H,1-9H3;4*1H;;. The van der Waals surface area contributed by atoms with Crippen LogP contribution in [0.3, 0.4) is 0 Å². The number of hydrogen-bond acceptors (Lipinski definition) is 5. The largest absolute Gasteiger partial charge is 0.508 e. The van der Waals surface area contributed by atoms with Crippen LogP contribution in [0.5, 0.6) is 5.75 Å². The zero-order valence-electron chi connectivity index (χ0n) is 32.0. The van der Waals surface area contributed by atoms with Gasteiger partial charge in [0.05, 0.1) is 35.2 Å². The van der Waals surface area contributed by atoms with Crippen LogP contribution in [0.25, 0.3) is 22.3 Å². The minimum Gasteiger partial charge on any atom is -0.508 e. The predicted molar refractivity (Wildman–Crippen MR) is 232 cm³/mol. The number of rotatable bonds is 10. The third-order valence-electron chi connectivity index (χ3n) is 8.87. The van der Waals surface area contributed by atoms with E-state index in [1.54, 1.807) is 12.4 Å². The van der Waals surface area contributed by atoms with Gasteiger partial charge in [0.15, 0.2) is 0 Å². The Labute approximate surface area is 368 Å². The number of nitrogens with zero attached hydrogens (tertiary/aromatic N) is 4. The smallest absolute Gasteiger partial charge is 0.116 e. The summed E-state index contributed by atoms with van der Waals surface area (Å²) < 4.78 is 0. The second-order valence-electron chi connectivity index (χ2n) is 13.8. The van der Waals surface area contributed by atoms with Gasteiger partial charge in [-0.15, -0.1) is 49.6 Å². The molecule has 5 nitrogen and oxygen atoms in total. The van der Waals surface area contributed by atoms with Gasteiger partial charge in [0.1, 0.15) is 5.75 Å². The maximum atomic E-state index is 11.2. The molecule has 0 fully saturated rings. The fourth-order valence-electron chi connectivity index (χ4n) is 6.19. The molecule has 5 rings (SSSR count). The molecule has 0 aliphatic carbocycles. The molecule has 1 N–H and O–H groups in total. The summed E-state index contributed by atoms with van der Waals surface area (Å²) in [5.41, 5.74) is 13.7. The fourth-order valence-corrected chi connectivity index (χ4v) is 6.19. The van der Waals surface area contributed by atoms with Crippen LogP contribution in [0.4, 0.5) is 11.4 Å². The molecular formula is C43H52Cl4Cu2N4O. The van der Waals surface area contributed by atoms with E-state index < -0.39 is 0 Å². The molecular weight excluding hydrogens is 857 g/mol. The zero-order chi connectivity index (χ0) is 34.5. The minimum absolute atomic E-state index is 0. The summed E-state index contributed by atoms with van der Waals surface area (Å²) in [4.78, 5) is 18.9. The Bertz CT molecular complexity index is 1770. The molecule has 0 spiro atoms. The number of benzene rings is 3. The van der Waals surface area contributed by atoms with E-state index in [0.29, 0.717) is 0 Å². The van der Waals surface area contributed by atoms with E-state index in [-0.39, 0.29) is 113 Å². The first-order chi connectivity index (χ1) is 22.9. The average Bonchev–Trinajstić information content (AvgIpc) is 3.07. The van der Waals surface area contributed by atoms with Crippen LogP contribution in [-0.4, -0.2) is 27.5 Å².